The molecule has 88 valence electrons. The van der Waals surface area contributed by atoms with E-state index in [1.807, 2.05) is 0 Å². The van der Waals surface area contributed by atoms with Crippen LogP contribution in [0, 0.1) is 0 Å². The summed E-state index contributed by atoms with van der Waals surface area (Å²) >= 11 is 8.18. The predicted molar refractivity (Wildman–Crippen MR) is 59.9 cm³/mol. The van der Waals surface area contributed by atoms with Crippen molar-refractivity contribution in [1.82, 2.24) is 0 Å². The summed E-state index contributed by atoms with van der Waals surface area (Å²) in [6.45, 7) is 0. The smallest absolute Gasteiger partial charge is 0.318 e. The maximum atomic E-state index is 9.48. The second-order valence-corrected chi connectivity index (χ2v) is 3.36. The van der Waals surface area contributed by atoms with Crippen LogP contribution in [0.15, 0.2) is 8.73 Å². The summed E-state index contributed by atoms with van der Waals surface area (Å²) < 4.78 is 43.3. The normalized spacial score (nSPS) is 6.93. The Morgan fingerprint density at radius 1 is 0.867 bits per heavy atom. The van der Waals surface area contributed by atoms with Gasteiger partial charge in [-0.05, 0) is 24.4 Å². The average Bonchev–Trinajstić information content (AvgIpc) is 1.79. The summed E-state index contributed by atoms with van der Waals surface area (Å²) in [6, 6.07) is 0. The largest absolute Gasteiger partial charge is 0.412 e. The van der Waals surface area contributed by atoms with Gasteiger partial charge in [-0.25, -0.2) is 0 Å². The van der Waals surface area contributed by atoms with Gasteiger partial charge in [0, 0.05) is 0 Å². The van der Waals surface area contributed by atoms with Crippen LogP contribution < -0.4 is 11.5 Å². The van der Waals surface area contributed by atoms with E-state index in [2.05, 4.69) is 44.6 Å². The van der Waals surface area contributed by atoms with Crippen LogP contribution in [0.2, 0.25) is 0 Å². The van der Waals surface area contributed by atoms with Crippen molar-refractivity contribution in [2.45, 2.75) is 0 Å². The molecular weight excluding hydrogens is 288 g/mol. The minimum atomic E-state index is -2.49. The minimum Gasteiger partial charge on any atom is -0.412 e. The van der Waals surface area contributed by atoms with Crippen LogP contribution in [0.3, 0.4) is 0 Å². The minimum absolute atomic E-state index is 0. The highest BCUT2D eigenvalue weighted by molar-refractivity contribution is 7.81. The summed E-state index contributed by atoms with van der Waals surface area (Å²) in [6.07, 6.45) is 0. The van der Waals surface area contributed by atoms with Crippen LogP contribution >= 0.6 is 24.4 Å². The fourth-order valence-corrected chi connectivity index (χ4v) is 0.806. The van der Waals surface area contributed by atoms with Crippen molar-refractivity contribution in [1.29, 1.82) is 0 Å². The van der Waals surface area contributed by atoms with Gasteiger partial charge in [-0.3, -0.25) is 0 Å². The molecule has 0 bridgehead atoms. The van der Waals surface area contributed by atoms with E-state index in [1.165, 1.54) is 0 Å². The van der Waals surface area contributed by atoms with Gasteiger partial charge in [0.25, 0.3) is 0 Å². The van der Waals surface area contributed by atoms with Crippen LogP contribution in [0.25, 0.3) is 0 Å². The van der Waals surface area contributed by atoms with Gasteiger partial charge in [0.05, 0.1) is 0 Å². The first-order chi connectivity index (χ1) is 6.25. The fraction of sp³-hybridized carbons (Fsp3) is 0. The third-order valence-corrected chi connectivity index (χ3v) is 1.43. The molecule has 0 heterocycles. The fourth-order valence-electron chi connectivity index (χ4n) is 0.147. The molecule has 0 saturated carbocycles. The van der Waals surface area contributed by atoms with E-state index in [4.69, 9.17) is 0 Å². The highest BCUT2D eigenvalue weighted by atomic mass is 32.2. The van der Waals surface area contributed by atoms with Crippen molar-refractivity contribution >= 4 is 55.7 Å². The van der Waals surface area contributed by atoms with Gasteiger partial charge in [0.2, 0.25) is 10.2 Å². The molecular formula is C2H6N4O5S4. The standard InChI is InChI=1S/2CH2N2O2S2.H2O/c2*2-1(6)3-7(4)5;/h2*(H2,2,6);1H2. The highest BCUT2D eigenvalue weighted by Gasteiger charge is 1.75. The van der Waals surface area contributed by atoms with Crippen molar-refractivity contribution in [2.75, 3.05) is 0 Å². The summed E-state index contributed by atoms with van der Waals surface area (Å²) in [5.74, 6) is 0. The lowest BCUT2D eigenvalue weighted by Crippen LogP contribution is -2.01. The van der Waals surface area contributed by atoms with E-state index in [1.54, 1.807) is 0 Å². The van der Waals surface area contributed by atoms with E-state index < -0.39 is 21.0 Å². The molecule has 6 N–H and O–H groups in total. The lowest BCUT2D eigenvalue weighted by Gasteiger charge is -1.68. The molecule has 13 heteroatoms. The Bertz CT molecular complexity index is 411. The van der Waals surface area contributed by atoms with Crippen molar-refractivity contribution in [3.05, 3.63) is 0 Å². The van der Waals surface area contributed by atoms with Crippen LogP contribution in [0.5, 0.6) is 0 Å². The Kier molecular flexibility index (Phi) is 14.4. The topological polar surface area (TPSA) is 177 Å². The Morgan fingerprint density at radius 2 is 1.07 bits per heavy atom. The molecule has 0 aromatic heterocycles. The molecule has 0 aliphatic carbocycles. The Morgan fingerprint density at radius 3 is 1.07 bits per heavy atom. The van der Waals surface area contributed by atoms with Gasteiger partial charge < -0.3 is 16.9 Å². The first kappa shape index (κ1) is 19.5. The second kappa shape index (κ2) is 11.1. The van der Waals surface area contributed by atoms with E-state index in [0.29, 0.717) is 0 Å². The van der Waals surface area contributed by atoms with Crippen LogP contribution in [-0.2, 0) is 21.0 Å². The summed E-state index contributed by atoms with van der Waals surface area (Å²) in [5, 5.41) is -0.735. The van der Waals surface area contributed by atoms with Gasteiger partial charge in [0.15, 0.2) is 0 Å². The number of hydrogen-bond donors (Lipinski definition) is 2. The van der Waals surface area contributed by atoms with E-state index in [-0.39, 0.29) is 15.7 Å². The maximum Gasteiger partial charge on any atom is 0.318 e. The SMILES string of the molecule is NC(=S)N=S(=O)=O.NC(=S)N=S(=O)=O.O. The van der Waals surface area contributed by atoms with Crippen molar-refractivity contribution in [2.24, 2.45) is 20.2 Å². The zero-order valence-electron chi connectivity index (χ0n) is 6.82. The number of hydrogen-bond acceptors (Lipinski definition) is 6. The molecule has 9 nitrogen and oxygen atoms in total. The zero-order valence-corrected chi connectivity index (χ0v) is 10.1. The van der Waals surface area contributed by atoms with Crippen LogP contribution in [-0.4, -0.2) is 32.5 Å². The summed E-state index contributed by atoms with van der Waals surface area (Å²) in [5.41, 5.74) is 9.33. The second-order valence-electron chi connectivity index (χ2n) is 1.29. The van der Waals surface area contributed by atoms with Crippen LogP contribution in [0.1, 0.15) is 0 Å². The van der Waals surface area contributed by atoms with Gasteiger partial charge >= 0.3 is 21.0 Å². The highest BCUT2D eigenvalue weighted by Crippen LogP contribution is 1.63. The molecule has 0 atom stereocenters. The molecule has 0 spiro atoms. The summed E-state index contributed by atoms with van der Waals surface area (Å²) in [7, 11) is -4.97. The number of nitrogens with zero attached hydrogens (tertiary/aromatic N) is 2. The molecule has 0 saturated heterocycles. The number of thiocarbonyl (C=S) groups is 2. The lowest BCUT2D eigenvalue weighted by molar-refractivity contribution is 0.621. The molecule has 0 fully saturated rings. The molecule has 0 aromatic rings. The quantitative estimate of drug-likeness (QED) is 0.471. The lowest BCUT2D eigenvalue weighted by atomic mass is 11.3. The van der Waals surface area contributed by atoms with Gasteiger partial charge in [-0.1, -0.05) is 0 Å². The Hall–Kier alpha value is -1.02. The van der Waals surface area contributed by atoms with Crippen molar-refractivity contribution in [3.8, 4) is 0 Å². The average molecular weight is 294 g/mol. The van der Waals surface area contributed by atoms with Gasteiger partial charge in [-0.15, -0.1) is 8.73 Å². The van der Waals surface area contributed by atoms with Crippen molar-refractivity contribution in [3.63, 3.8) is 0 Å². The van der Waals surface area contributed by atoms with Crippen molar-refractivity contribution < 1.29 is 22.3 Å². The first-order valence-electron chi connectivity index (χ1n) is 2.46. The molecule has 0 amide bonds. The number of rotatable bonds is 0. The molecule has 15 heavy (non-hydrogen) atoms. The monoisotopic (exact) mass is 294 g/mol. The van der Waals surface area contributed by atoms with E-state index >= 15 is 0 Å². The van der Waals surface area contributed by atoms with Crippen LogP contribution in [0.4, 0.5) is 0 Å². The molecule has 0 aliphatic rings. The Balaban J connectivity index is -0.000000180. The third-order valence-electron chi connectivity index (χ3n) is 0.329. The predicted octanol–water partition coefficient (Wildman–Crippen LogP) is -2.24. The summed E-state index contributed by atoms with van der Waals surface area (Å²) in [4.78, 5) is 0. The third kappa shape index (κ3) is 32.1. The molecule has 0 aromatic carbocycles. The Labute approximate surface area is 98.2 Å². The zero-order chi connectivity index (χ0) is 11.7. The molecule has 0 rings (SSSR count). The molecule has 0 unspecified atom stereocenters. The van der Waals surface area contributed by atoms with Gasteiger partial charge in [-0.2, -0.15) is 16.8 Å². The van der Waals surface area contributed by atoms with Gasteiger partial charge in [0.1, 0.15) is 0 Å². The van der Waals surface area contributed by atoms with E-state index in [0.717, 1.165) is 0 Å². The molecule has 0 aliphatic heterocycles. The maximum absolute atomic E-state index is 9.48. The number of nitrogens with two attached hydrogens (primary N) is 2. The molecule has 0 radical (unpaired) electrons. The first-order valence-corrected chi connectivity index (χ1v) is 5.34. The van der Waals surface area contributed by atoms with E-state index in [9.17, 15) is 16.8 Å².